The molecule has 0 aliphatic carbocycles. The summed E-state index contributed by atoms with van der Waals surface area (Å²) in [6.45, 7) is 1.91. The lowest BCUT2D eigenvalue weighted by molar-refractivity contribution is 0.584. The summed E-state index contributed by atoms with van der Waals surface area (Å²) in [5, 5.41) is 19.4. The molecule has 5 N–H and O–H groups in total. The molecule has 0 amide bonds. The molecule has 0 saturated heterocycles. The molecule has 9 heteroatoms. The predicted octanol–water partition coefficient (Wildman–Crippen LogP) is 0.212. The van der Waals surface area contributed by atoms with Gasteiger partial charge in [-0.3, -0.25) is 10.8 Å². The van der Waals surface area contributed by atoms with Gasteiger partial charge in [-0.15, -0.1) is 0 Å². The monoisotopic (exact) mass is 294 g/mol. The Morgan fingerprint density at radius 2 is 2.15 bits per heavy atom. The second-order valence-corrected chi connectivity index (χ2v) is 5.33. The van der Waals surface area contributed by atoms with Crippen molar-refractivity contribution in [3.05, 3.63) is 24.3 Å². The molecular formula is C11H14N6O2S. The van der Waals surface area contributed by atoms with Crippen LogP contribution in [-0.2, 0) is 10.0 Å². The molecule has 1 aromatic rings. The van der Waals surface area contributed by atoms with Gasteiger partial charge in [-0.05, 0) is 12.1 Å². The first-order valence-electron chi connectivity index (χ1n) is 5.59. The SMILES string of the molecule is CCNS(=O)(=O)c1ccccc1N/N=C(\C#N)C(=N)N. The van der Waals surface area contributed by atoms with E-state index in [2.05, 4.69) is 15.2 Å². The Balaban J connectivity index is 3.16. The number of hydrogen-bond acceptors (Lipinski definition) is 6. The van der Waals surface area contributed by atoms with Crippen LogP contribution in [0.15, 0.2) is 34.3 Å². The standard InChI is InChI=1S/C11H14N6O2S/c1-2-15-20(18,19)10-6-4-3-5-8(10)16-17-9(7-12)11(13)14/h3-6,15-16H,2H2,1H3,(H3,13,14)/b17-9+. The Morgan fingerprint density at radius 3 is 2.70 bits per heavy atom. The highest BCUT2D eigenvalue weighted by atomic mass is 32.2. The van der Waals surface area contributed by atoms with E-state index in [4.69, 9.17) is 16.4 Å². The van der Waals surface area contributed by atoms with Crippen molar-refractivity contribution < 1.29 is 8.42 Å². The molecule has 0 fully saturated rings. The summed E-state index contributed by atoms with van der Waals surface area (Å²) in [7, 11) is -3.67. The van der Waals surface area contributed by atoms with Crippen LogP contribution in [0, 0.1) is 16.7 Å². The third-order valence-corrected chi connectivity index (χ3v) is 3.76. The first-order chi connectivity index (χ1) is 9.42. The molecule has 0 spiro atoms. The van der Waals surface area contributed by atoms with Crippen LogP contribution in [-0.4, -0.2) is 26.5 Å². The maximum atomic E-state index is 12.0. The summed E-state index contributed by atoms with van der Waals surface area (Å²) in [6, 6.07) is 7.69. The van der Waals surface area contributed by atoms with E-state index in [1.165, 1.54) is 12.1 Å². The van der Waals surface area contributed by atoms with E-state index in [0.29, 0.717) is 0 Å². The minimum atomic E-state index is -3.67. The van der Waals surface area contributed by atoms with Gasteiger partial charge < -0.3 is 5.73 Å². The van der Waals surface area contributed by atoms with Crippen LogP contribution < -0.4 is 15.9 Å². The second kappa shape index (κ2) is 6.65. The quantitative estimate of drug-likeness (QED) is 0.337. The number of para-hydroxylation sites is 1. The summed E-state index contributed by atoms with van der Waals surface area (Å²) in [4.78, 5) is -0.00792. The average Bonchev–Trinajstić information content (AvgIpc) is 2.39. The number of hydrogen-bond donors (Lipinski definition) is 4. The van der Waals surface area contributed by atoms with E-state index >= 15 is 0 Å². The van der Waals surface area contributed by atoms with Gasteiger partial charge >= 0.3 is 0 Å². The molecule has 0 aliphatic rings. The van der Waals surface area contributed by atoms with Crippen molar-refractivity contribution in [2.75, 3.05) is 12.0 Å². The van der Waals surface area contributed by atoms with Crippen LogP contribution in [0.1, 0.15) is 6.92 Å². The fourth-order valence-electron chi connectivity index (χ4n) is 1.32. The van der Waals surface area contributed by atoms with E-state index in [1.807, 2.05) is 0 Å². The van der Waals surface area contributed by atoms with Gasteiger partial charge in [-0.1, -0.05) is 19.1 Å². The van der Waals surface area contributed by atoms with Gasteiger partial charge in [0.1, 0.15) is 11.0 Å². The molecule has 0 heterocycles. The third-order valence-electron chi connectivity index (χ3n) is 2.16. The zero-order valence-electron chi connectivity index (χ0n) is 10.7. The topological polar surface area (TPSA) is 144 Å². The summed E-state index contributed by atoms with van der Waals surface area (Å²) < 4.78 is 26.3. The van der Waals surface area contributed by atoms with E-state index in [-0.39, 0.29) is 22.8 Å². The number of benzene rings is 1. The molecule has 20 heavy (non-hydrogen) atoms. The third kappa shape index (κ3) is 3.78. The predicted molar refractivity (Wildman–Crippen MR) is 75.9 cm³/mol. The summed E-state index contributed by atoms with van der Waals surface area (Å²) in [6.07, 6.45) is 0. The van der Waals surface area contributed by atoms with Crippen molar-refractivity contribution in [3.8, 4) is 6.07 Å². The van der Waals surface area contributed by atoms with Crippen molar-refractivity contribution in [3.63, 3.8) is 0 Å². The summed E-state index contributed by atoms with van der Waals surface area (Å²) in [5.74, 6) is -0.507. The molecular weight excluding hydrogens is 280 g/mol. The molecule has 1 rings (SSSR count). The van der Waals surface area contributed by atoms with Gasteiger partial charge in [0, 0.05) is 6.54 Å². The second-order valence-electron chi connectivity index (χ2n) is 3.60. The number of nitrogens with zero attached hydrogens (tertiary/aromatic N) is 2. The van der Waals surface area contributed by atoms with Gasteiger partial charge in [-0.25, -0.2) is 13.1 Å². The number of rotatable bonds is 6. The number of nitriles is 1. The minimum absolute atomic E-state index is 0.00792. The number of amidine groups is 1. The average molecular weight is 294 g/mol. The van der Waals surface area contributed by atoms with Crippen molar-refractivity contribution >= 4 is 27.3 Å². The van der Waals surface area contributed by atoms with Crippen molar-refractivity contribution in [2.45, 2.75) is 11.8 Å². The lowest BCUT2D eigenvalue weighted by Gasteiger charge is -2.09. The highest BCUT2D eigenvalue weighted by Gasteiger charge is 2.17. The van der Waals surface area contributed by atoms with E-state index in [0.717, 1.165) is 0 Å². The van der Waals surface area contributed by atoms with Crippen LogP contribution in [0.5, 0.6) is 0 Å². The maximum absolute atomic E-state index is 12.0. The molecule has 0 atom stereocenters. The number of nitrogens with two attached hydrogens (primary N) is 1. The molecule has 106 valence electrons. The molecule has 0 saturated carbocycles. The molecule has 0 bridgehead atoms. The highest BCUT2D eigenvalue weighted by molar-refractivity contribution is 7.89. The van der Waals surface area contributed by atoms with Gasteiger partial charge in [0.25, 0.3) is 0 Å². The number of nitrogens with one attached hydrogen (secondary N) is 3. The van der Waals surface area contributed by atoms with Crippen molar-refractivity contribution in [1.29, 1.82) is 10.7 Å². The smallest absolute Gasteiger partial charge is 0.242 e. The molecule has 0 radical (unpaired) electrons. The Labute approximate surface area is 116 Å². The number of sulfonamides is 1. The maximum Gasteiger partial charge on any atom is 0.242 e. The number of hydrazone groups is 1. The normalized spacial score (nSPS) is 11.7. The van der Waals surface area contributed by atoms with E-state index in [9.17, 15) is 8.42 Å². The first-order valence-corrected chi connectivity index (χ1v) is 7.07. The molecule has 0 unspecified atom stereocenters. The molecule has 0 aliphatic heterocycles. The molecule has 8 nitrogen and oxygen atoms in total. The van der Waals surface area contributed by atoms with Crippen LogP contribution in [0.2, 0.25) is 0 Å². The Bertz CT molecular complexity index is 674. The van der Waals surface area contributed by atoms with Gasteiger partial charge in [0.05, 0.1) is 5.69 Å². The first kappa shape index (κ1) is 15.6. The van der Waals surface area contributed by atoms with Crippen LogP contribution in [0.3, 0.4) is 0 Å². The fraction of sp³-hybridized carbons (Fsp3) is 0.182. The van der Waals surface area contributed by atoms with Crippen LogP contribution >= 0.6 is 0 Å². The Kier molecular flexibility index (Phi) is 5.19. The summed E-state index contributed by atoms with van der Waals surface area (Å²) in [5.41, 5.74) is 7.43. The zero-order valence-corrected chi connectivity index (χ0v) is 11.5. The zero-order chi connectivity index (χ0) is 15.2. The fourth-order valence-corrected chi connectivity index (χ4v) is 2.52. The van der Waals surface area contributed by atoms with Crippen LogP contribution in [0.4, 0.5) is 5.69 Å². The van der Waals surface area contributed by atoms with Crippen molar-refractivity contribution in [2.24, 2.45) is 10.8 Å². The van der Waals surface area contributed by atoms with Gasteiger partial charge in [0.2, 0.25) is 15.7 Å². The largest absolute Gasteiger partial charge is 0.382 e. The minimum Gasteiger partial charge on any atom is -0.382 e. The molecule has 1 aromatic carbocycles. The van der Waals surface area contributed by atoms with Crippen LogP contribution in [0.25, 0.3) is 0 Å². The lowest BCUT2D eigenvalue weighted by atomic mass is 10.3. The van der Waals surface area contributed by atoms with Gasteiger partial charge in [0.15, 0.2) is 5.84 Å². The van der Waals surface area contributed by atoms with Crippen molar-refractivity contribution in [1.82, 2.24) is 4.72 Å². The molecule has 0 aromatic heterocycles. The van der Waals surface area contributed by atoms with E-state index in [1.54, 1.807) is 25.1 Å². The van der Waals surface area contributed by atoms with Gasteiger partial charge in [-0.2, -0.15) is 10.4 Å². The Morgan fingerprint density at radius 1 is 1.50 bits per heavy atom. The number of anilines is 1. The Hall–Kier alpha value is -2.44. The van der Waals surface area contributed by atoms with E-state index < -0.39 is 15.9 Å². The lowest BCUT2D eigenvalue weighted by Crippen LogP contribution is -2.24. The highest BCUT2D eigenvalue weighted by Crippen LogP contribution is 2.20. The summed E-state index contributed by atoms with van der Waals surface area (Å²) >= 11 is 0.